The van der Waals surface area contributed by atoms with E-state index in [2.05, 4.69) is 9.47 Å². The summed E-state index contributed by atoms with van der Waals surface area (Å²) in [6, 6.07) is 0. The second-order valence-electron chi connectivity index (χ2n) is 2.74. The van der Waals surface area contributed by atoms with Crippen molar-refractivity contribution in [1.82, 2.24) is 0 Å². The molecule has 0 bridgehead atoms. The van der Waals surface area contributed by atoms with E-state index in [9.17, 15) is 9.59 Å². The molecule has 4 nitrogen and oxygen atoms in total. The van der Waals surface area contributed by atoms with Crippen LogP contribution in [-0.2, 0) is 14.3 Å². The molecule has 0 atom stereocenters. The van der Waals surface area contributed by atoms with Gasteiger partial charge in [-0.2, -0.15) is 0 Å². The Morgan fingerprint density at radius 3 is 2.67 bits per heavy atom. The fourth-order valence-electron chi connectivity index (χ4n) is 1.01. The average Bonchev–Trinajstić information content (AvgIpc) is 2.07. The molecule has 1 heterocycles. The van der Waals surface area contributed by atoms with Gasteiger partial charge in [0.2, 0.25) is 0 Å². The molecule has 0 radical (unpaired) electrons. The molecule has 0 unspecified atom stereocenters. The number of ketones is 1. The van der Waals surface area contributed by atoms with Crippen LogP contribution >= 0.6 is 0 Å². The highest BCUT2D eigenvalue weighted by Crippen LogP contribution is 2.04. The Balaban J connectivity index is 2.32. The highest BCUT2D eigenvalue weighted by atomic mass is 16.7. The van der Waals surface area contributed by atoms with Gasteiger partial charge in [0.05, 0.1) is 6.61 Å². The summed E-state index contributed by atoms with van der Waals surface area (Å²) in [5.74, 6) is -0.0335. The summed E-state index contributed by atoms with van der Waals surface area (Å²) in [7, 11) is 0. The number of rotatable bonds is 0. The molecule has 1 aliphatic rings. The molecule has 0 aromatic rings. The number of ether oxygens (including phenoxy) is 2. The van der Waals surface area contributed by atoms with Crippen molar-refractivity contribution in [3.8, 4) is 0 Å². The standard InChI is InChI=1S/C8H12O4/c9-7-4-2-1-3-5-11-8(10)12-6-7/h1-6H2. The van der Waals surface area contributed by atoms with Crippen LogP contribution in [0.3, 0.4) is 0 Å². The first-order valence-electron chi connectivity index (χ1n) is 4.10. The predicted molar refractivity (Wildman–Crippen MR) is 40.8 cm³/mol. The van der Waals surface area contributed by atoms with Crippen LogP contribution in [0, 0.1) is 0 Å². The van der Waals surface area contributed by atoms with Gasteiger partial charge in [-0.3, -0.25) is 4.79 Å². The van der Waals surface area contributed by atoms with Gasteiger partial charge in [0, 0.05) is 6.42 Å². The van der Waals surface area contributed by atoms with Gasteiger partial charge in [0.15, 0.2) is 12.4 Å². The molecule has 4 heteroatoms. The number of carbonyl (C=O) groups excluding carboxylic acids is 2. The zero-order valence-electron chi connectivity index (χ0n) is 6.88. The minimum atomic E-state index is -0.731. The van der Waals surface area contributed by atoms with Crippen molar-refractivity contribution in [3.63, 3.8) is 0 Å². The van der Waals surface area contributed by atoms with Crippen LogP contribution in [0.25, 0.3) is 0 Å². The summed E-state index contributed by atoms with van der Waals surface area (Å²) in [6.07, 6.45) is 2.37. The lowest BCUT2D eigenvalue weighted by atomic mass is 10.1. The molecule has 0 N–H and O–H groups in total. The minimum absolute atomic E-state index is 0.0335. The fourth-order valence-corrected chi connectivity index (χ4v) is 1.01. The third kappa shape index (κ3) is 3.37. The molecule has 0 aromatic heterocycles. The van der Waals surface area contributed by atoms with Crippen LogP contribution in [-0.4, -0.2) is 25.2 Å². The lowest BCUT2D eigenvalue weighted by Crippen LogP contribution is -2.16. The predicted octanol–water partition coefficient (Wildman–Crippen LogP) is 1.28. The Kier molecular flexibility index (Phi) is 3.57. The molecule has 1 aliphatic heterocycles. The van der Waals surface area contributed by atoms with Gasteiger partial charge in [0.1, 0.15) is 0 Å². The number of cyclic esters (lactones) is 2. The lowest BCUT2D eigenvalue weighted by Gasteiger charge is -2.08. The first kappa shape index (κ1) is 9.03. The second-order valence-corrected chi connectivity index (χ2v) is 2.74. The Bertz CT molecular complexity index is 156. The van der Waals surface area contributed by atoms with Gasteiger partial charge in [-0.05, 0) is 19.3 Å². The smallest absolute Gasteiger partial charge is 0.434 e. The van der Waals surface area contributed by atoms with Gasteiger partial charge in [-0.1, -0.05) is 0 Å². The van der Waals surface area contributed by atoms with E-state index in [1.54, 1.807) is 0 Å². The highest BCUT2D eigenvalue weighted by molar-refractivity contribution is 5.81. The molecule has 1 fully saturated rings. The number of carbonyl (C=O) groups is 2. The quantitative estimate of drug-likeness (QED) is 0.516. The third-order valence-corrected chi connectivity index (χ3v) is 1.67. The average molecular weight is 172 g/mol. The van der Waals surface area contributed by atoms with Crippen molar-refractivity contribution < 1.29 is 19.1 Å². The topological polar surface area (TPSA) is 52.6 Å². The van der Waals surface area contributed by atoms with E-state index in [0.29, 0.717) is 13.0 Å². The first-order chi connectivity index (χ1) is 5.79. The van der Waals surface area contributed by atoms with Gasteiger partial charge >= 0.3 is 6.16 Å². The SMILES string of the molecule is O=C1CCCCCOC(=O)OC1. The van der Waals surface area contributed by atoms with Crippen molar-refractivity contribution in [2.24, 2.45) is 0 Å². The Labute approximate surface area is 70.8 Å². The van der Waals surface area contributed by atoms with Crippen LogP contribution in [0.2, 0.25) is 0 Å². The largest absolute Gasteiger partial charge is 0.508 e. The zero-order valence-corrected chi connectivity index (χ0v) is 6.88. The van der Waals surface area contributed by atoms with Crippen LogP contribution in [0.4, 0.5) is 4.79 Å². The first-order valence-corrected chi connectivity index (χ1v) is 4.10. The second kappa shape index (κ2) is 4.74. The van der Waals surface area contributed by atoms with Crippen molar-refractivity contribution in [2.75, 3.05) is 13.2 Å². The molecular weight excluding hydrogens is 160 g/mol. The molecule has 1 saturated heterocycles. The molecule has 12 heavy (non-hydrogen) atoms. The van der Waals surface area contributed by atoms with Crippen molar-refractivity contribution >= 4 is 11.9 Å². The lowest BCUT2D eigenvalue weighted by molar-refractivity contribution is -0.123. The highest BCUT2D eigenvalue weighted by Gasteiger charge is 2.10. The maximum Gasteiger partial charge on any atom is 0.508 e. The van der Waals surface area contributed by atoms with Crippen molar-refractivity contribution in [3.05, 3.63) is 0 Å². The molecule has 68 valence electrons. The normalized spacial score (nSPS) is 21.0. The van der Waals surface area contributed by atoms with Gasteiger partial charge in [-0.15, -0.1) is 0 Å². The van der Waals surface area contributed by atoms with Gasteiger partial charge in [0.25, 0.3) is 0 Å². The van der Waals surface area contributed by atoms with E-state index in [0.717, 1.165) is 19.3 Å². The van der Waals surface area contributed by atoms with Crippen molar-refractivity contribution in [2.45, 2.75) is 25.7 Å². The summed E-state index contributed by atoms with van der Waals surface area (Å²) in [6.45, 7) is 0.256. The van der Waals surface area contributed by atoms with Gasteiger partial charge in [-0.25, -0.2) is 4.79 Å². The summed E-state index contributed by atoms with van der Waals surface area (Å²) < 4.78 is 9.17. The van der Waals surface area contributed by atoms with Gasteiger partial charge < -0.3 is 9.47 Å². The summed E-state index contributed by atoms with van der Waals surface area (Å²) in [5, 5.41) is 0. The van der Waals surface area contributed by atoms with E-state index in [4.69, 9.17) is 0 Å². The summed E-state index contributed by atoms with van der Waals surface area (Å²) in [4.78, 5) is 21.6. The molecule has 1 rings (SSSR count). The van der Waals surface area contributed by atoms with E-state index in [1.807, 2.05) is 0 Å². The maximum atomic E-state index is 10.9. The van der Waals surface area contributed by atoms with Crippen molar-refractivity contribution in [1.29, 1.82) is 0 Å². The van der Waals surface area contributed by atoms with Crippen LogP contribution in [0.1, 0.15) is 25.7 Å². The van der Waals surface area contributed by atoms with Crippen LogP contribution in [0.15, 0.2) is 0 Å². The summed E-state index contributed by atoms with van der Waals surface area (Å²) in [5.41, 5.74) is 0. The van der Waals surface area contributed by atoms with E-state index >= 15 is 0 Å². The monoisotopic (exact) mass is 172 g/mol. The fraction of sp³-hybridized carbons (Fsp3) is 0.750. The molecule has 0 aliphatic carbocycles. The van der Waals surface area contributed by atoms with Crippen LogP contribution < -0.4 is 0 Å². The molecule has 0 amide bonds. The molecule has 0 spiro atoms. The van der Waals surface area contributed by atoms with Crippen LogP contribution in [0.5, 0.6) is 0 Å². The minimum Gasteiger partial charge on any atom is -0.434 e. The molecule has 0 aromatic carbocycles. The zero-order chi connectivity index (χ0) is 8.81. The van der Waals surface area contributed by atoms with E-state index in [1.165, 1.54) is 0 Å². The summed E-state index contributed by atoms with van der Waals surface area (Å²) >= 11 is 0. The van der Waals surface area contributed by atoms with E-state index in [-0.39, 0.29) is 12.4 Å². The number of hydrogen-bond acceptors (Lipinski definition) is 4. The number of Topliss-reactive ketones (excluding diaryl/α,β-unsaturated/α-hetero) is 1. The Hall–Kier alpha value is -1.06. The van der Waals surface area contributed by atoms with E-state index < -0.39 is 6.16 Å². The maximum absolute atomic E-state index is 10.9. The Morgan fingerprint density at radius 2 is 1.83 bits per heavy atom. The third-order valence-electron chi connectivity index (χ3n) is 1.67. The Morgan fingerprint density at radius 1 is 1.00 bits per heavy atom. The molecule has 0 saturated carbocycles. The molecular formula is C8H12O4. The number of hydrogen-bond donors (Lipinski definition) is 0.